The molecule has 0 aliphatic carbocycles. The van der Waals surface area contributed by atoms with Crippen molar-refractivity contribution in [3.63, 3.8) is 0 Å². The summed E-state index contributed by atoms with van der Waals surface area (Å²) in [5.41, 5.74) is 0.893. The fraction of sp³-hybridized carbons (Fsp3) is 0.765. The third-order valence-electron chi connectivity index (χ3n) is 4.29. The summed E-state index contributed by atoms with van der Waals surface area (Å²) in [4.78, 5) is 16.1. The standard InChI is InChI=1S/C17H28N2O4/c1-5-17(6-2)22-11-15(23-17)9-8-14-10-19(12-21-7-3)16(18-14)13(4)20/h10,15H,5-9,11-12H2,1-4H3/t15-/m1/s1. The molecular formula is C17H28N2O4. The second-order valence-corrected chi connectivity index (χ2v) is 5.91. The molecule has 1 aromatic rings. The van der Waals surface area contributed by atoms with Crippen LogP contribution in [0, 0.1) is 0 Å². The molecule has 6 nitrogen and oxygen atoms in total. The number of ketones is 1. The number of hydrogen-bond acceptors (Lipinski definition) is 5. The SMILES string of the molecule is CCOCn1cc(CC[C@@H]2COC(CC)(CC)O2)nc1C(C)=O. The molecule has 1 aliphatic heterocycles. The molecule has 1 saturated heterocycles. The fourth-order valence-electron chi connectivity index (χ4n) is 2.85. The van der Waals surface area contributed by atoms with Crippen LogP contribution in [0.5, 0.6) is 0 Å². The van der Waals surface area contributed by atoms with E-state index >= 15 is 0 Å². The van der Waals surface area contributed by atoms with Crippen molar-refractivity contribution in [3.05, 3.63) is 17.7 Å². The Hall–Kier alpha value is -1.24. The van der Waals surface area contributed by atoms with E-state index in [1.54, 1.807) is 4.57 Å². The molecule has 23 heavy (non-hydrogen) atoms. The summed E-state index contributed by atoms with van der Waals surface area (Å²) in [6.07, 6.45) is 5.30. The maximum atomic E-state index is 11.7. The Balaban J connectivity index is 1.94. The first-order valence-corrected chi connectivity index (χ1v) is 8.50. The van der Waals surface area contributed by atoms with E-state index < -0.39 is 5.79 Å². The number of hydrogen-bond donors (Lipinski definition) is 0. The van der Waals surface area contributed by atoms with E-state index in [9.17, 15) is 4.79 Å². The maximum absolute atomic E-state index is 11.7. The summed E-state index contributed by atoms with van der Waals surface area (Å²) >= 11 is 0. The molecule has 130 valence electrons. The van der Waals surface area contributed by atoms with Crippen molar-refractivity contribution >= 4 is 5.78 Å². The first kappa shape index (κ1) is 18.1. The fourth-order valence-corrected chi connectivity index (χ4v) is 2.85. The molecule has 2 rings (SSSR count). The van der Waals surface area contributed by atoms with E-state index in [0.717, 1.165) is 31.4 Å². The molecule has 1 fully saturated rings. The quantitative estimate of drug-likeness (QED) is 0.654. The van der Waals surface area contributed by atoms with Gasteiger partial charge in [0.2, 0.25) is 0 Å². The van der Waals surface area contributed by atoms with E-state index in [2.05, 4.69) is 18.8 Å². The van der Waals surface area contributed by atoms with Crippen molar-refractivity contribution in [1.82, 2.24) is 9.55 Å². The van der Waals surface area contributed by atoms with E-state index in [1.807, 2.05) is 13.1 Å². The summed E-state index contributed by atoms with van der Waals surface area (Å²) in [6.45, 7) is 9.21. The van der Waals surface area contributed by atoms with Gasteiger partial charge in [-0.05, 0) is 32.6 Å². The number of aromatic nitrogens is 2. The molecule has 0 amide bonds. The number of carbonyl (C=O) groups is 1. The van der Waals surface area contributed by atoms with Crippen LogP contribution in [0.3, 0.4) is 0 Å². The highest BCUT2D eigenvalue weighted by Crippen LogP contribution is 2.31. The van der Waals surface area contributed by atoms with Gasteiger partial charge >= 0.3 is 0 Å². The van der Waals surface area contributed by atoms with Gasteiger partial charge in [0.15, 0.2) is 17.4 Å². The smallest absolute Gasteiger partial charge is 0.195 e. The highest BCUT2D eigenvalue weighted by atomic mass is 16.7. The molecule has 0 unspecified atom stereocenters. The van der Waals surface area contributed by atoms with Crippen molar-refractivity contribution in [2.24, 2.45) is 0 Å². The first-order valence-electron chi connectivity index (χ1n) is 8.50. The van der Waals surface area contributed by atoms with Gasteiger partial charge < -0.3 is 18.8 Å². The number of rotatable bonds is 9. The summed E-state index contributed by atoms with van der Waals surface area (Å²) in [5, 5.41) is 0. The Labute approximate surface area is 138 Å². The number of Topliss-reactive ketones (excluding diaryl/α,β-unsaturated/α-hetero) is 1. The van der Waals surface area contributed by atoms with Gasteiger partial charge in [-0.3, -0.25) is 4.79 Å². The van der Waals surface area contributed by atoms with Crippen molar-refractivity contribution in [3.8, 4) is 0 Å². The highest BCUT2D eigenvalue weighted by molar-refractivity contribution is 5.90. The predicted octanol–water partition coefficient (Wildman–Crippen LogP) is 2.94. The van der Waals surface area contributed by atoms with Gasteiger partial charge in [0.05, 0.1) is 18.4 Å². The van der Waals surface area contributed by atoms with Crippen LogP contribution in [-0.2, 0) is 27.4 Å². The second kappa shape index (κ2) is 8.04. The van der Waals surface area contributed by atoms with Crippen LogP contribution in [0.2, 0.25) is 0 Å². The summed E-state index contributed by atoms with van der Waals surface area (Å²) in [5.74, 6) is -0.00956. The average Bonchev–Trinajstić information content (AvgIpc) is 3.15. The number of nitrogens with zero attached hydrogens (tertiary/aromatic N) is 2. The molecule has 0 spiro atoms. The number of ether oxygens (including phenoxy) is 3. The summed E-state index contributed by atoms with van der Waals surface area (Å²) in [6, 6.07) is 0. The molecule has 1 aromatic heterocycles. The lowest BCUT2D eigenvalue weighted by Crippen LogP contribution is -2.29. The zero-order chi connectivity index (χ0) is 16.9. The lowest BCUT2D eigenvalue weighted by Gasteiger charge is -2.24. The molecule has 0 N–H and O–H groups in total. The Bertz CT molecular complexity index is 523. The second-order valence-electron chi connectivity index (χ2n) is 5.91. The van der Waals surface area contributed by atoms with Crippen LogP contribution < -0.4 is 0 Å². The number of carbonyl (C=O) groups excluding carboxylic acids is 1. The topological polar surface area (TPSA) is 62.6 Å². The molecular weight excluding hydrogens is 296 g/mol. The third-order valence-corrected chi connectivity index (χ3v) is 4.29. The lowest BCUT2D eigenvalue weighted by atomic mass is 10.1. The Morgan fingerprint density at radius 1 is 1.43 bits per heavy atom. The Morgan fingerprint density at radius 3 is 2.74 bits per heavy atom. The summed E-state index contributed by atoms with van der Waals surface area (Å²) < 4.78 is 19.1. The number of aryl methyl sites for hydroxylation is 1. The van der Waals surface area contributed by atoms with Gasteiger partial charge in [-0.15, -0.1) is 0 Å². The van der Waals surface area contributed by atoms with Gasteiger partial charge in [0.1, 0.15) is 6.73 Å². The predicted molar refractivity (Wildman–Crippen MR) is 86.3 cm³/mol. The van der Waals surface area contributed by atoms with E-state index in [4.69, 9.17) is 14.2 Å². The van der Waals surface area contributed by atoms with Gasteiger partial charge in [0, 0.05) is 19.7 Å². The molecule has 1 atom stereocenters. The van der Waals surface area contributed by atoms with Gasteiger partial charge in [0.25, 0.3) is 0 Å². The van der Waals surface area contributed by atoms with Gasteiger partial charge in [-0.1, -0.05) is 13.8 Å². The van der Waals surface area contributed by atoms with Crippen molar-refractivity contribution in [1.29, 1.82) is 0 Å². The zero-order valence-electron chi connectivity index (χ0n) is 14.6. The largest absolute Gasteiger partial charge is 0.361 e. The van der Waals surface area contributed by atoms with Crippen LogP contribution in [0.1, 0.15) is 63.3 Å². The Kier molecular flexibility index (Phi) is 6.33. The third kappa shape index (κ3) is 4.40. The van der Waals surface area contributed by atoms with E-state index in [-0.39, 0.29) is 11.9 Å². The van der Waals surface area contributed by atoms with Crippen molar-refractivity contribution in [2.75, 3.05) is 13.2 Å². The molecule has 1 aliphatic rings. The molecule has 0 aromatic carbocycles. The Morgan fingerprint density at radius 2 is 2.17 bits per heavy atom. The minimum atomic E-state index is -0.413. The average molecular weight is 324 g/mol. The van der Waals surface area contributed by atoms with Crippen LogP contribution in [0.4, 0.5) is 0 Å². The molecule has 6 heteroatoms. The van der Waals surface area contributed by atoms with E-state index in [0.29, 0.717) is 25.8 Å². The monoisotopic (exact) mass is 324 g/mol. The van der Waals surface area contributed by atoms with Gasteiger partial charge in [-0.2, -0.15) is 0 Å². The molecule has 0 bridgehead atoms. The van der Waals surface area contributed by atoms with Crippen LogP contribution in [0.25, 0.3) is 0 Å². The van der Waals surface area contributed by atoms with E-state index in [1.165, 1.54) is 6.92 Å². The lowest BCUT2D eigenvalue weighted by molar-refractivity contribution is -0.172. The molecule has 0 saturated carbocycles. The van der Waals surface area contributed by atoms with Crippen LogP contribution in [0.15, 0.2) is 6.20 Å². The highest BCUT2D eigenvalue weighted by Gasteiger charge is 2.38. The molecule has 2 heterocycles. The van der Waals surface area contributed by atoms with Crippen LogP contribution >= 0.6 is 0 Å². The van der Waals surface area contributed by atoms with Crippen molar-refractivity contribution in [2.45, 2.75) is 72.0 Å². The number of imidazole rings is 1. The van der Waals surface area contributed by atoms with Crippen LogP contribution in [-0.4, -0.2) is 40.4 Å². The molecule has 0 radical (unpaired) electrons. The first-order chi connectivity index (χ1) is 11.0. The minimum absolute atomic E-state index is 0.0487. The van der Waals surface area contributed by atoms with Crippen molar-refractivity contribution < 1.29 is 19.0 Å². The normalized spacial score (nSPS) is 20.1. The zero-order valence-corrected chi connectivity index (χ0v) is 14.6. The summed E-state index contributed by atoms with van der Waals surface area (Å²) in [7, 11) is 0. The van der Waals surface area contributed by atoms with Gasteiger partial charge in [-0.25, -0.2) is 4.98 Å². The maximum Gasteiger partial charge on any atom is 0.195 e. The minimum Gasteiger partial charge on any atom is -0.361 e.